The van der Waals surface area contributed by atoms with Gasteiger partial charge in [-0.25, -0.2) is 4.98 Å². The second-order valence-electron chi connectivity index (χ2n) is 7.05. The van der Waals surface area contributed by atoms with E-state index in [0.717, 1.165) is 23.0 Å². The maximum Gasteiger partial charge on any atom is 0.271 e. The minimum atomic E-state index is -0.323. The van der Waals surface area contributed by atoms with Crippen molar-refractivity contribution in [2.75, 3.05) is 7.05 Å². The van der Waals surface area contributed by atoms with Crippen molar-refractivity contribution in [3.63, 3.8) is 0 Å². The molecule has 1 saturated carbocycles. The maximum absolute atomic E-state index is 12.8. The lowest BCUT2D eigenvalue weighted by atomic mass is 10.1. The van der Waals surface area contributed by atoms with E-state index < -0.39 is 0 Å². The zero-order valence-electron chi connectivity index (χ0n) is 15.5. The molecule has 3 atom stereocenters. The average molecular weight is 366 g/mol. The zero-order valence-corrected chi connectivity index (χ0v) is 15.5. The molecule has 0 spiro atoms. The summed E-state index contributed by atoms with van der Waals surface area (Å²) in [5.41, 5.74) is 2.34. The molecule has 3 aromatic heterocycles. The fourth-order valence-corrected chi connectivity index (χ4v) is 3.34. The number of pyridine rings is 1. The van der Waals surface area contributed by atoms with Gasteiger partial charge in [-0.2, -0.15) is 5.10 Å². The smallest absolute Gasteiger partial charge is 0.271 e. The normalized spacial score (nSPS) is 19.7. The first-order chi connectivity index (χ1) is 13.0. The molecular formula is C19H22N6O2. The van der Waals surface area contributed by atoms with Crippen molar-refractivity contribution in [2.24, 2.45) is 5.92 Å². The Hall–Kier alpha value is -3.16. The Bertz CT molecular complexity index is 1020. The van der Waals surface area contributed by atoms with Crippen LogP contribution in [0.15, 0.2) is 30.6 Å². The zero-order chi connectivity index (χ0) is 19.1. The molecule has 8 nitrogen and oxygen atoms in total. The lowest BCUT2D eigenvalue weighted by Gasteiger charge is -2.17. The molecule has 3 N–H and O–H groups in total. The number of nitrogens with zero attached hydrogens (tertiary/aromatic N) is 3. The summed E-state index contributed by atoms with van der Waals surface area (Å²) >= 11 is 0. The summed E-state index contributed by atoms with van der Waals surface area (Å²) in [5, 5.41) is 11.0. The second-order valence-corrected chi connectivity index (χ2v) is 7.05. The van der Waals surface area contributed by atoms with Crippen LogP contribution in [0.2, 0.25) is 0 Å². The van der Waals surface area contributed by atoms with Gasteiger partial charge in [0.1, 0.15) is 11.3 Å². The topological polar surface area (TPSA) is 105 Å². The molecule has 1 unspecified atom stereocenters. The largest absolute Gasteiger partial charge is 0.354 e. The van der Waals surface area contributed by atoms with E-state index in [0.29, 0.717) is 11.6 Å². The van der Waals surface area contributed by atoms with Crippen LogP contribution in [-0.2, 0) is 0 Å². The van der Waals surface area contributed by atoms with Crippen molar-refractivity contribution in [1.29, 1.82) is 0 Å². The van der Waals surface area contributed by atoms with E-state index in [2.05, 4.69) is 32.6 Å². The Morgan fingerprint density at radius 1 is 1.33 bits per heavy atom. The van der Waals surface area contributed by atoms with E-state index >= 15 is 0 Å². The summed E-state index contributed by atoms with van der Waals surface area (Å²) in [7, 11) is 1.54. The summed E-state index contributed by atoms with van der Waals surface area (Å²) in [6, 6.07) is 5.35. The molecule has 0 aromatic carbocycles. The standard InChI is InChI=1S/C19H22N6O2/c1-10-8-14(10)23-19(27)16-9-15(18(26)20-3)24-25(16)11(2)12-4-6-21-17-13(12)5-7-22-17/h4-7,9-11,14H,8H2,1-3H3,(H,20,26)(H,21,22)(H,23,27)/t10-,11?,14-/m0/s1. The number of aromatic amines is 1. The van der Waals surface area contributed by atoms with Gasteiger partial charge in [-0.05, 0) is 37.0 Å². The van der Waals surface area contributed by atoms with Crippen LogP contribution < -0.4 is 10.6 Å². The number of hydrogen-bond donors (Lipinski definition) is 3. The van der Waals surface area contributed by atoms with Gasteiger partial charge in [-0.1, -0.05) is 6.92 Å². The third kappa shape index (κ3) is 3.07. The van der Waals surface area contributed by atoms with Gasteiger partial charge in [-0.15, -0.1) is 0 Å². The van der Waals surface area contributed by atoms with Gasteiger partial charge in [0.15, 0.2) is 5.69 Å². The van der Waals surface area contributed by atoms with Crippen molar-refractivity contribution in [1.82, 2.24) is 30.4 Å². The number of hydrogen-bond acceptors (Lipinski definition) is 4. The summed E-state index contributed by atoms with van der Waals surface area (Å²) in [4.78, 5) is 32.3. The minimum Gasteiger partial charge on any atom is -0.354 e. The van der Waals surface area contributed by atoms with E-state index in [9.17, 15) is 9.59 Å². The Balaban J connectivity index is 1.75. The molecule has 2 amide bonds. The van der Waals surface area contributed by atoms with E-state index in [4.69, 9.17) is 0 Å². The molecule has 3 aromatic rings. The lowest BCUT2D eigenvalue weighted by molar-refractivity contribution is 0.0934. The molecule has 140 valence electrons. The van der Waals surface area contributed by atoms with E-state index in [1.165, 1.54) is 0 Å². The van der Waals surface area contributed by atoms with Crippen LogP contribution in [0.1, 0.15) is 52.9 Å². The number of carbonyl (C=O) groups excluding carboxylic acids is 2. The predicted octanol–water partition coefficient (Wildman–Crippen LogP) is 1.87. The number of amides is 2. The molecule has 8 heteroatoms. The van der Waals surface area contributed by atoms with Crippen molar-refractivity contribution in [3.8, 4) is 0 Å². The van der Waals surface area contributed by atoms with Crippen LogP contribution in [0.5, 0.6) is 0 Å². The van der Waals surface area contributed by atoms with Crippen LogP contribution >= 0.6 is 0 Å². The highest BCUT2D eigenvalue weighted by Gasteiger charge is 2.35. The number of fused-ring (bicyclic) bond motifs is 1. The molecule has 1 aliphatic rings. The number of nitrogens with one attached hydrogen (secondary N) is 3. The SMILES string of the molecule is CNC(=O)c1cc(C(=O)N[C@H]2C[C@@H]2C)n(C(C)c2ccnc3[nH]ccc23)n1. The van der Waals surface area contributed by atoms with Crippen LogP contribution in [0, 0.1) is 5.92 Å². The van der Waals surface area contributed by atoms with Gasteiger partial charge in [0.25, 0.3) is 11.8 Å². The van der Waals surface area contributed by atoms with E-state index in [-0.39, 0.29) is 29.6 Å². The Morgan fingerprint density at radius 3 is 2.81 bits per heavy atom. The average Bonchev–Trinajstić information content (AvgIpc) is 3.10. The van der Waals surface area contributed by atoms with Crippen molar-refractivity contribution in [3.05, 3.63) is 47.5 Å². The second kappa shape index (κ2) is 6.53. The predicted molar refractivity (Wildman–Crippen MR) is 101 cm³/mol. The molecule has 1 fully saturated rings. The maximum atomic E-state index is 12.8. The van der Waals surface area contributed by atoms with E-state index in [1.807, 2.05) is 25.3 Å². The molecular weight excluding hydrogens is 344 g/mol. The van der Waals surface area contributed by atoms with Gasteiger partial charge in [0.05, 0.1) is 6.04 Å². The Labute approximate surface area is 156 Å². The van der Waals surface area contributed by atoms with Crippen molar-refractivity contribution < 1.29 is 9.59 Å². The lowest BCUT2D eigenvalue weighted by Crippen LogP contribution is -2.29. The molecule has 0 radical (unpaired) electrons. The summed E-state index contributed by atoms with van der Waals surface area (Å²) < 4.78 is 1.62. The van der Waals surface area contributed by atoms with Crippen LogP contribution in [0.25, 0.3) is 11.0 Å². The number of H-pyrrole nitrogens is 1. The van der Waals surface area contributed by atoms with Gasteiger partial charge in [0, 0.05) is 36.9 Å². The van der Waals surface area contributed by atoms with Crippen molar-refractivity contribution in [2.45, 2.75) is 32.4 Å². The van der Waals surface area contributed by atoms with Crippen LogP contribution in [-0.4, -0.2) is 44.7 Å². The highest BCUT2D eigenvalue weighted by molar-refractivity contribution is 5.98. The number of rotatable bonds is 5. The van der Waals surface area contributed by atoms with Crippen LogP contribution in [0.4, 0.5) is 0 Å². The van der Waals surface area contributed by atoms with Gasteiger partial charge >= 0.3 is 0 Å². The third-order valence-electron chi connectivity index (χ3n) is 5.16. The Kier molecular flexibility index (Phi) is 4.18. The minimum absolute atomic E-state index is 0.192. The Morgan fingerprint density at radius 2 is 2.11 bits per heavy atom. The van der Waals surface area contributed by atoms with Crippen LogP contribution in [0.3, 0.4) is 0 Å². The van der Waals surface area contributed by atoms with E-state index in [1.54, 1.807) is 24.0 Å². The number of carbonyl (C=O) groups is 2. The monoisotopic (exact) mass is 366 g/mol. The molecule has 0 aliphatic heterocycles. The summed E-state index contributed by atoms with van der Waals surface area (Å²) in [6.07, 6.45) is 4.53. The molecule has 4 rings (SSSR count). The molecule has 0 saturated heterocycles. The summed E-state index contributed by atoms with van der Waals surface area (Å²) in [6.45, 7) is 4.05. The number of aromatic nitrogens is 4. The quantitative estimate of drug-likeness (QED) is 0.641. The molecule has 27 heavy (non-hydrogen) atoms. The fourth-order valence-electron chi connectivity index (χ4n) is 3.34. The van der Waals surface area contributed by atoms with Gasteiger partial charge < -0.3 is 15.6 Å². The van der Waals surface area contributed by atoms with Gasteiger partial charge in [0.2, 0.25) is 0 Å². The molecule has 3 heterocycles. The molecule has 1 aliphatic carbocycles. The molecule has 0 bridgehead atoms. The van der Waals surface area contributed by atoms with Crippen molar-refractivity contribution >= 4 is 22.8 Å². The fraction of sp³-hybridized carbons (Fsp3) is 0.368. The highest BCUT2D eigenvalue weighted by atomic mass is 16.2. The highest BCUT2D eigenvalue weighted by Crippen LogP contribution is 2.30. The third-order valence-corrected chi connectivity index (χ3v) is 5.16. The van der Waals surface area contributed by atoms with Gasteiger partial charge in [-0.3, -0.25) is 14.3 Å². The first-order valence-electron chi connectivity index (χ1n) is 9.04. The first-order valence-corrected chi connectivity index (χ1v) is 9.04. The summed E-state index contributed by atoms with van der Waals surface area (Å²) in [5.74, 6) is -0.0460. The first kappa shape index (κ1) is 17.3.